The molecule has 1 unspecified atom stereocenters. The topological polar surface area (TPSA) is 68.3 Å². The van der Waals surface area contributed by atoms with Crippen LogP contribution in [0.15, 0.2) is 0 Å². The third-order valence-corrected chi connectivity index (χ3v) is 4.47. The molecule has 1 aromatic heterocycles. The number of primary amides is 1. The predicted molar refractivity (Wildman–Crippen MR) is 78.1 cm³/mol. The highest BCUT2D eigenvalue weighted by Crippen LogP contribution is 2.25. The summed E-state index contributed by atoms with van der Waals surface area (Å²) in [4.78, 5) is 25.4. The van der Waals surface area contributed by atoms with E-state index in [9.17, 15) is 9.59 Å². The molecule has 1 aliphatic rings. The first-order valence-electron chi connectivity index (χ1n) is 7.19. The molecular weight excluding hydrogens is 254 g/mol. The van der Waals surface area contributed by atoms with Crippen molar-refractivity contribution in [3.63, 3.8) is 0 Å². The summed E-state index contributed by atoms with van der Waals surface area (Å²) in [6, 6.07) is 0.435. The van der Waals surface area contributed by atoms with Gasteiger partial charge in [0.1, 0.15) is 0 Å². The van der Waals surface area contributed by atoms with Crippen LogP contribution in [-0.4, -0.2) is 40.8 Å². The highest BCUT2D eigenvalue weighted by Gasteiger charge is 2.27. The number of hydrogen-bond donors (Lipinski definition) is 1. The molecule has 1 fully saturated rings. The lowest BCUT2D eigenvalue weighted by molar-refractivity contribution is 0.0998. The Labute approximate surface area is 119 Å². The fourth-order valence-electron chi connectivity index (χ4n) is 3.40. The molecule has 5 heteroatoms. The first kappa shape index (κ1) is 14.8. The number of carbonyl (C=O) groups is 2. The van der Waals surface area contributed by atoms with E-state index in [0.717, 1.165) is 38.0 Å². The molecule has 20 heavy (non-hydrogen) atoms. The molecule has 2 N–H and O–H groups in total. The number of likely N-dealkylation sites (N-methyl/N-ethyl adjacent to an activating group) is 1. The van der Waals surface area contributed by atoms with Gasteiger partial charge in [0.25, 0.3) is 5.91 Å². The zero-order valence-corrected chi connectivity index (χ0v) is 12.5. The Morgan fingerprint density at radius 2 is 2.15 bits per heavy atom. The van der Waals surface area contributed by atoms with Gasteiger partial charge in [0.05, 0.1) is 11.3 Å². The number of nitrogens with two attached hydrogens (primary N) is 1. The first-order valence-corrected chi connectivity index (χ1v) is 7.19. The van der Waals surface area contributed by atoms with Gasteiger partial charge in [0.2, 0.25) is 0 Å². The molecule has 0 aliphatic carbocycles. The average molecular weight is 277 g/mol. The Balaban J connectivity index is 2.38. The minimum absolute atomic E-state index is 0.435. The van der Waals surface area contributed by atoms with Crippen LogP contribution < -0.4 is 5.73 Å². The Kier molecular flexibility index (Phi) is 4.28. The van der Waals surface area contributed by atoms with Gasteiger partial charge in [-0.25, -0.2) is 0 Å². The minimum Gasteiger partial charge on any atom is -0.366 e. The molecule has 1 aromatic rings. The molecule has 0 aromatic carbocycles. The largest absolute Gasteiger partial charge is 0.366 e. The lowest BCUT2D eigenvalue weighted by Gasteiger charge is -2.24. The van der Waals surface area contributed by atoms with Gasteiger partial charge in [0.15, 0.2) is 6.29 Å². The Bertz CT molecular complexity index is 534. The summed E-state index contributed by atoms with van der Waals surface area (Å²) in [7, 11) is 0. The van der Waals surface area contributed by atoms with Crippen molar-refractivity contribution in [3.05, 3.63) is 22.5 Å². The van der Waals surface area contributed by atoms with E-state index in [4.69, 9.17) is 5.73 Å². The van der Waals surface area contributed by atoms with Crippen molar-refractivity contribution in [1.29, 1.82) is 0 Å². The molecule has 110 valence electrons. The fourth-order valence-corrected chi connectivity index (χ4v) is 3.40. The summed E-state index contributed by atoms with van der Waals surface area (Å²) in [5.41, 5.74) is 8.02. The van der Waals surface area contributed by atoms with Crippen LogP contribution in [0, 0.1) is 13.8 Å². The van der Waals surface area contributed by atoms with Gasteiger partial charge in [-0.3, -0.25) is 14.5 Å². The van der Waals surface area contributed by atoms with E-state index in [0.29, 0.717) is 22.9 Å². The molecule has 1 saturated heterocycles. The van der Waals surface area contributed by atoms with E-state index in [1.165, 1.54) is 6.42 Å². The zero-order chi connectivity index (χ0) is 14.9. The molecule has 1 atom stereocenters. The second kappa shape index (κ2) is 5.79. The van der Waals surface area contributed by atoms with Crippen LogP contribution in [0.25, 0.3) is 0 Å². The number of aldehydes is 1. The number of nitrogens with zero attached hydrogens (tertiary/aromatic N) is 2. The third kappa shape index (κ3) is 2.38. The monoisotopic (exact) mass is 277 g/mol. The Hall–Kier alpha value is -1.62. The highest BCUT2D eigenvalue weighted by atomic mass is 16.1. The van der Waals surface area contributed by atoms with Gasteiger partial charge in [-0.1, -0.05) is 6.92 Å². The first-order chi connectivity index (χ1) is 9.51. The predicted octanol–water partition coefficient (Wildman–Crippen LogP) is 1.50. The summed E-state index contributed by atoms with van der Waals surface area (Å²) < 4.78 is 1.96. The number of rotatable bonds is 5. The van der Waals surface area contributed by atoms with Crippen LogP contribution in [0.3, 0.4) is 0 Å². The van der Waals surface area contributed by atoms with Crippen LogP contribution in [-0.2, 0) is 6.54 Å². The Morgan fingerprint density at radius 3 is 2.70 bits per heavy atom. The maximum atomic E-state index is 11.6. The molecular formula is C15H23N3O2. The smallest absolute Gasteiger partial charge is 0.250 e. The lowest BCUT2D eigenvalue weighted by Crippen LogP contribution is -2.33. The number of aromatic nitrogens is 1. The maximum absolute atomic E-state index is 11.6. The normalized spacial score (nSPS) is 19.4. The van der Waals surface area contributed by atoms with Crippen molar-refractivity contribution in [2.45, 2.75) is 46.2 Å². The SMILES string of the molecule is CCN1CCCC1Cn1c(C)c(C(N)=O)c(C)c1C=O. The molecule has 0 spiro atoms. The minimum atomic E-state index is -0.458. The van der Waals surface area contributed by atoms with Gasteiger partial charge in [-0.05, 0) is 45.3 Å². The molecule has 1 amide bonds. The number of hydrogen-bond acceptors (Lipinski definition) is 3. The van der Waals surface area contributed by atoms with E-state index in [2.05, 4.69) is 11.8 Å². The number of carbonyl (C=O) groups excluding carboxylic acids is 2. The molecule has 0 radical (unpaired) electrons. The third-order valence-electron chi connectivity index (χ3n) is 4.47. The van der Waals surface area contributed by atoms with Gasteiger partial charge < -0.3 is 10.3 Å². The molecule has 0 bridgehead atoms. The van der Waals surface area contributed by atoms with Crippen molar-refractivity contribution in [2.75, 3.05) is 13.1 Å². The molecule has 0 saturated carbocycles. The number of likely N-dealkylation sites (tertiary alicyclic amines) is 1. The second-order valence-corrected chi connectivity index (χ2v) is 5.49. The van der Waals surface area contributed by atoms with Crippen molar-refractivity contribution in [1.82, 2.24) is 9.47 Å². The number of amides is 1. The maximum Gasteiger partial charge on any atom is 0.250 e. The van der Waals surface area contributed by atoms with Crippen LogP contribution in [0.5, 0.6) is 0 Å². The van der Waals surface area contributed by atoms with Gasteiger partial charge >= 0.3 is 0 Å². The summed E-state index contributed by atoms with van der Waals surface area (Å²) >= 11 is 0. The van der Waals surface area contributed by atoms with Crippen molar-refractivity contribution in [3.8, 4) is 0 Å². The van der Waals surface area contributed by atoms with Gasteiger partial charge in [-0.15, -0.1) is 0 Å². The van der Waals surface area contributed by atoms with Crippen LogP contribution in [0.4, 0.5) is 0 Å². The van der Waals surface area contributed by atoms with Crippen LogP contribution in [0.2, 0.25) is 0 Å². The Morgan fingerprint density at radius 1 is 1.45 bits per heavy atom. The molecule has 2 rings (SSSR count). The standard InChI is InChI=1S/C15H23N3O2/c1-4-17-7-5-6-12(17)8-18-11(3)14(15(16)20)10(2)13(18)9-19/h9,12H,4-8H2,1-3H3,(H2,16,20). The fraction of sp³-hybridized carbons (Fsp3) is 0.600. The summed E-state index contributed by atoms with van der Waals surface area (Å²) in [5, 5.41) is 0. The van der Waals surface area contributed by atoms with Gasteiger partial charge in [0, 0.05) is 18.3 Å². The summed E-state index contributed by atoms with van der Waals surface area (Å²) in [6.45, 7) is 8.69. The van der Waals surface area contributed by atoms with E-state index in [1.54, 1.807) is 6.92 Å². The quantitative estimate of drug-likeness (QED) is 0.829. The zero-order valence-electron chi connectivity index (χ0n) is 12.5. The van der Waals surface area contributed by atoms with Crippen molar-refractivity contribution in [2.24, 2.45) is 5.73 Å². The van der Waals surface area contributed by atoms with Crippen molar-refractivity contribution < 1.29 is 9.59 Å². The van der Waals surface area contributed by atoms with Crippen LogP contribution >= 0.6 is 0 Å². The summed E-state index contributed by atoms with van der Waals surface area (Å²) in [5.74, 6) is -0.458. The average Bonchev–Trinajstić information content (AvgIpc) is 2.93. The van der Waals surface area contributed by atoms with Crippen molar-refractivity contribution >= 4 is 12.2 Å². The molecule has 5 nitrogen and oxygen atoms in total. The lowest BCUT2D eigenvalue weighted by atomic mass is 10.1. The molecule has 2 heterocycles. The summed E-state index contributed by atoms with van der Waals surface area (Å²) in [6.07, 6.45) is 3.16. The van der Waals surface area contributed by atoms with E-state index in [-0.39, 0.29) is 0 Å². The highest BCUT2D eigenvalue weighted by molar-refractivity contribution is 5.98. The van der Waals surface area contributed by atoms with Gasteiger partial charge in [-0.2, -0.15) is 0 Å². The molecule has 1 aliphatic heterocycles. The van der Waals surface area contributed by atoms with E-state index >= 15 is 0 Å². The van der Waals surface area contributed by atoms with E-state index < -0.39 is 5.91 Å². The van der Waals surface area contributed by atoms with Crippen LogP contribution in [0.1, 0.15) is 51.9 Å². The second-order valence-electron chi connectivity index (χ2n) is 5.49. The van der Waals surface area contributed by atoms with E-state index in [1.807, 2.05) is 11.5 Å².